The maximum Gasteiger partial charge on any atom is 0.333 e. The monoisotopic (exact) mass is 758 g/mol. The number of carboxylic acids is 3. The van der Waals surface area contributed by atoms with E-state index in [-0.39, 0.29) is 16.7 Å². The van der Waals surface area contributed by atoms with Crippen LogP contribution in [0.2, 0.25) is 0 Å². The Morgan fingerprint density at radius 1 is 0.396 bits per heavy atom. The molecule has 0 amide bonds. The van der Waals surface area contributed by atoms with Crippen LogP contribution in [0.4, 0.5) is 0 Å². The minimum absolute atomic E-state index is 0.0371. The smallest absolute Gasteiger partial charge is 0.333 e. The molecule has 19 nitrogen and oxygen atoms in total. The van der Waals surface area contributed by atoms with Crippen LogP contribution >= 0.6 is 0 Å². The van der Waals surface area contributed by atoms with Crippen molar-refractivity contribution in [1.29, 1.82) is 0 Å². The lowest BCUT2D eigenvalue weighted by molar-refractivity contribution is -0.174. The Bertz CT molecular complexity index is 1340. The third-order valence-corrected chi connectivity index (χ3v) is 6.64. The van der Waals surface area contributed by atoms with E-state index in [2.05, 4.69) is 19.7 Å². The van der Waals surface area contributed by atoms with Crippen molar-refractivity contribution in [2.24, 2.45) is 10.8 Å². The molecular formula is C34H46O19. The zero-order chi connectivity index (χ0) is 40.8. The highest BCUT2D eigenvalue weighted by Crippen LogP contribution is 2.27. The second kappa shape index (κ2) is 23.8. The van der Waals surface area contributed by atoms with Crippen molar-refractivity contribution in [3.8, 4) is 0 Å². The third kappa shape index (κ3) is 21.4. The van der Waals surface area contributed by atoms with Gasteiger partial charge >= 0.3 is 53.7 Å². The van der Waals surface area contributed by atoms with Crippen LogP contribution in [-0.4, -0.2) is 122 Å². The van der Waals surface area contributed by atoms with Crippen LogP contribution in [0, 0.1) is 10.8 Å². The summed E-state index contributed by atoms with van der Waals surface area (Å²) in [6, 6.07) is 0. The normalized spacial score (nSPS) is 10.9. The molecule has 0 unspecified atom stereocenters. The van der Waals surface area contributed by atoms with Crippen molar-refractivity contribution in [2.75, 3.05) is 52.9 Å². The van der Waals surface area contributed by atoms with Gasteiger partial charge < -0.3 is 48.5 Å². The van der Waals surface area contributed by atoms with Crippen molar-refractivity contribution < 1.29 is 91.6 Å². The van der Waals surface area contributed by atoms with Gasteiger partial charge in [0, 0.05) is 16.7 Å². The molecule has 0 heterocycles. The SMILES string of the molecule is C=C(C)C(=O)OCC(COCC(COC(=O)CCC(=O)O)(COC(=O)C(=C)C)COC(=O)C(=C)C)(COC(=O)CCC(=O)O)COC(=O)CCC(=O)O. The van der Waals surface area contributed by atoms with Gasteiger partial charge in [-0.15, -0.1) is 0 Å². The summed E-state index contributed by atoms with van der Waals surface area (Å²) >= 11 is 0. The fourth-order valence-electron chi connectivity index (χ4n) is 3.55. The summed E-state index contributed by atoms with van der Waals surface area (Å²) in [6.07, 6.45) is -3.49. The van der Waals surface area contributed by atoms with E-state index in [1.54, 1.807) is 0 Å². The molecule has 0 aromatic carbocycles. The lowest BCUT2D eigenvalue weighted by Gasteiger charge is -2.35. The van der Waals surface area contributed by atoms with Gasteiger partial charge in [-0.3, -0.25) is 28.8 Å². The van der Waals surface area contributed by atoms with Crippen LogP contribution in [0.5, 0.6) is 0 Å². The topological polar surface area (TPSA) is 279 Å². The minimum atomic E-state index is -1.78. The molecule has 0 fully saturated rings. The summed E-state index contributed by atoms with van der Waals surface area (Å²) < 4.78 is 37.6. The van der Waals surface area contributed by atoms with E-state index in [9.17, 15) is 43.2 Å². The van der Waals surface area contributed by atoms with Crippen molar-refractivity contribution in [1.82, 2.24) is 0 Å². The molecule has 19 heteroatoms. The molecule has 0 aliphatic heterocycles. The summed E-state index contributed by atoms with van der Waals surface area (Å²) in [5.74, 6) is -9.65. The molecule has 3 N–H and O–H groups in total. The van der Waals surface area contributed by atoms with Crippen LogP contribution in [0.15, 0.2) is 36.5 Å². The molecule has 0 radical (unpaired) electrons. The highest BCUT2D eigenvalue weighted by Gasteiger charge is 2.41. The Kier molecular flexibility index (Phi) is 21.3. The second-order valence-corrected chi connectivity index (χ2v) is 12.2. The predicted molar refractivity (Wildman–Crippen MR) is 176 cm³/mol. The first kappa shape index (κ1) is 47.4. The van der Waals surface area contributed by atoms with E-state index in [1.807, 2.05) is 0 Å². The quantitative estimate of drug-likeness (QED) is 0.0580. The fourth-order valence-corrected chi connectivity index (χ4v) is 3.55. The minimum Gasteiger partial charge on any atom is -0.481 e. The fraction of sp³-hybridized carbons (Fsp3) is 0.559. The molecule has 0 saturated heterocycles. The van der Waals surface area contributed by atoms with Crippen molar-refractivity contribution >= 4 is 53.7 Å². The molecule has 0 saturated carbocycles. The van der Waals surface area contributed by atoms with Crippen molar-refractivity contribution in [3.05, 3.63) is 36.5 Å². The van der Waals surface area contributed by atoms with E-state index < -0.39 is 156 Å². The van der Waals surface area contributed by atoms with Crippen LogP contribution in [0.3, 0.4) is 0 Å². The molecule has 53 heavy (non-hydrogen) atoms. The Labute approximate surface area is 304 Å². The van der Waals surface area contributed by atoms with Gasteiger partial charge in [0.1, 0.15) is 39.6 Å². The number of hydrogen-bond donors (Lipinski definition) is 3. The standard InChI is InChI=1S/C34H46O19/c1-21(2)30(44)51-18-33(15-48-27(41)10-7-24(35)36,16-49-28(42)11-8-25(37)38)13-47-14-34(19-52-31(45)22(3)4,20-53-32(46)23(5)6)17-50-29(43)12-9-26(39)40/h1,3,5,7-20H2,2,4,6H3,(H,35,36)(H,37,38)(H,39,40). The maximum atomic E-state index is 12.4. The van der Waals surface area contributed by atoms with E-state index in [4.69, 9.17) is 48.5 Å². The molecule has 0 aromatic heterocycles. The summed E-state index contributed by atoms with van der Waals surface area (Å²) in [5, 5.41) is 26.8. The third-order valence-electron chi connectivity index (χ3n) is 6.64. The average molecular weight is 759 g/mol. The molecule has 0 bridgehead atoms. The molecule has 0 rings (SSSR count). The molecule has 0 atom stereocenters. The Morgan fingerprint density at radius 3 is 0.830 bits per heavy atom. The zero-order valence-electron chi connectivity index (χ0n) is 29.9. The number of carbonyl (C=O) groups is 9. The molecule has 0 aliphatic rings. The number of ether oxygens (including phenoxy) is 7. The first-order chi connectivity index (χ1) is 24.6. The second-order valence-electron chi connectivity index (χ2n) is 12.2. The lowest BCUT2D eigenvalue weighted by Crippen LogP contribution is -2.47. The van der Waals surface area contributed by atoms with Crippen LogP contribution < -0.4 is 0 Å². The van der Waals surface area contributed by atoms with Crippen LogP contribution in [-0.2, 0) is 76.3 Å². The van der Waals surface area contributed by atoms with E-state index in [1.165, 1.54) is 20.8 Å². The summed E-state index contributed by atoms with van der Waals surface area (Å²) in [6.45, 7) is 9.03. The van der Waals surface area contributed by atoms with Gasteiger partial charge in [0.05, 0.1) is 62.6 Å². The van der Waals surface area contributed by atoms with E-state index in [0.29, 0.717) is 0 Å². The summed E-state index contributed by atoms with van der Waals surface area (Å²) in [7, 11) is 0. The largest absolute Gasteiger partial charge is 0.481 e. The Balaban J connectivity index is 6.79. The number of rotatable bonds is 28. The first-order valence-corrected chi connectivity index (χ1v) is 15.8. The molecule has 0 spiro atoms. The zero-order valence-corrected chi connectivity index (χ0v) is 29.9. The lowest BCUT2D eigenvalue weighted by atomic mass is 9.90. The number of carboxylic acid groups (broad SMARTS) is 3. The van der Waals surface area contributed by atoms with Gasteiger partial charge in [0.15, 0.2) is 0 Å². The summed E-state index contributed by atoms with van der Waals surface area (Å²) in [4.78, 5) is 107. The number of carbonyl (C=O) groups excluding carboxylic acids is 6. The Morgan fingerprint density at radius 2 is 0.623 bits per heavy atom. The summed E-state index contributed by atoms with van der Waals surface area (Å²) in [5.41, 5.74) is -3.64. The van der Waals surface area contributed by atoms with Crippen molar-refractivity contribution in [2.45, 2.75) is 59.3 Å². The van der Waals surface area contributed by atoms with Crippen LogP contribution in [0.1, 0.15) is 59.3 Å². The van der Waals surface area contributed by atoms with E-state index in [0.717, 1.165) is 0 Å². The maximum absolute atomic E-state index is 12.4. The van der Waals surface area contributed by atoms with Crippen molar-refractivity contribution in [3.63, 3.8) is 0 Å². The highest BCUT2D eigenvalue weighted by atomic mass is 16.6. The van der Waals surface area contributed by atoms with Gasteiger partial charge in [-0.2, -0.15) is 0 Å². The van der Waals surface area contributed by atoms with Gasteiger partial charge in [-0.25, -0.2) is 14.4 Å². The van der Waals surface area contributed by atoms with E-state index >= 15 is 0 Å². The van der Waals surface area contributed by atoms with Gasteiger partial charge in [0.2, 0.25) is 0 Å². The molecule has 0 aromatic rings. The van der Waals surface area contributed by atoms with Gasteiger partial charge in [-0.05, 0) is 20.8 Å². The predicted octanol–water partition coefficient (Wildman–Crippen LogP) is 1.56. The molecule has 0 aliphatic carbocycles. The van der Waals surface area contributed by atoms with Crippen LogP contribution in [0.25, 0.3) is 0 Å². The molecule has 296 valence electrons. The average Bonchev–Trinajstić information content (AvgIpc) is 3.08. The molecular weight excluding hydrogens is 712 g/mol. The van der Waals surface area contributed by atoms with Gasteiger partial charge in [0.25, 0.3) is 0 Å². The first-order valence-electron chi connectivity index (χ1n) is 15.8. The Hall–Kier alpha value is -5.59. The van der Waals surface area contributed by atoms with Gasteiger partial charge in [-0.1, -0.05) is 19.7 Å². The number of esters is 6. The highest BCUT2D eigenvalue weighted by molar-refractivity contribution is 5.88. The number of hydrogen-bond acceptors (Lipinski definition) is 16. The number of aliphatic carboxylic acids is 3.